The first-order valence-corrected chi connectivity index (χ1v) is 7.32. The van der Waals surface area contributed by atoms with Crippen LogP contribution >= 0.6 is 0 Å². The topological polar surface area (TPSA) is 201 Å². The molecule has 14 nitrogen and oxygen atoms in total. The van der Waals surface area contributed by atoms with Crippen molar-refractivity contribution < 1.29 is 24.1 Å². The van der Waals surface area contributed by atoms with Crippen molar-refractivity contribution in [1.29, 1.82) is 0 Å². The molecule has 0 amide bonds. The van der Waals surface area contributed by atoms with Crippen molar-refractivity contribution in [2.24, 2.45) is 0 Å². The second-order valence-electron chi connectivity index (χ2n) is 5.69. The molecule has 2 aromatic carbocycles. The van der Waals surface area contributed by atoms with Crippen LogP contribution in [0.3, 0.4) is 0 Å². The minimum absolute atomic E-state index is 0.0322. The van der Waals surface area contributed by atoms with E-state index in [1.54, 1.807) is 0 Å². The maximum absolute atomic E-state index is 11.4. The lowest BCUT2D eigenvalue weighted by atomic mass is 10.1. The highest BCUT2D eigenvalue weighted by Gasteiger charge is 2.30. The molecule has 0 spiro atoms. The molecule has 0 unspecified atom stereocenters. The van der Waals surface area contributed by atoms with E-state index in [1.165, 1.54) is 0 Å². The van der Waals surface area contributed by atoms with Crippen LogP contribution in [0.25, 0.3) is 33.0 Å². The van der Waals surface area contributed by atoms with Crippen LogP contribution in [-0.2, 0) is 0 Å². The van der Waals surface area contributed by atoms with Gasteiger partial charge in [0.15, 0.2) is 11.2 Å². The van der Waals surface area contributed by atoms with Gasteiger partial charge in [-0.3, -0.25) is 40.5 Å². The van der Waals surface area contributed by atoms with Gasteiger partial charge in [0.25, 0.3) is 22.7 Å². The summed E-state index contributed by atoms with van der Waals surface area (Å²) in [6.07, 6.45) is 0. The molecular formula is C14H5N5O9. The van der Waals surface area contributed by atoms with Gasteiger partial charge in [0.2, 0.25) is 0 Å². The fourth-order valence-corrected chi connectivity index (χ4v) is 3.07. The number of fused-ring (bicyclic) bond motifs is 5. The van der Waals surface area contributed by atoms with E-state index in [2.05, 4.69) is 4.98 Å². The van der Waals surface area contributed by atoms with Gasteiger partial charge < -0.3 is 9.40 Å². The van der Waals surface area contributed by atoms with Crippen molar-refractivity contribution in [2.45, 2.75) is 0 Å². The molecule has 0 aliphatic carbocycles. The largest absolute Gasteiger partial charge is 0.453 e. The van der Waals surface area contributed by atoms with E-state index in [1.807, 2.05) is 0 Å². The normalized spacial score (nSPS) is 11.3. The number of hydrogen-bond acceptors (Lipinski definition) is 9. The van der Waals surface area contributed by atoms with Crippen molar-refractivity contribution in [3.05, 3.63) is 64.7 Å². The molecule has 0 radical (unpaired) electrons. The lowest BCUT2D eigenvalue weighted by Gasteiger charge is -1.97. The zero-order chi connectivity index (χ0) is 20.3. The SMILES string of the molecule is O=[N+]([O-])c1cc([N+](=O)[O-])c2c(c1)[nH]c1c2oc2cc([N+](=O)[O-])cc([N+](=O)[O-])c21. The Morgan fingerprint density at radius 1 is 0.714 bits per heavy atom. The molecule has 0 fully saturated rings. The van der Waals surface area contributed by atoms with E-state index in [0.29, 0.717) is 0 Å². The first-order chi connectivity index (χ1) is 13.2. The van der Waals surface area contributed by atoms with Crippen LogP contribution in [-0.4, -0.2) is 24.7 Å². The third-order valence-corrected chi connectivity index (χ3v) is 4.16. The van der Waals surface area contributed by atoms with Crippen LogP contribution in [0.5, 0.6) is 0 Å². The summed E-state index contributed by atoms with van der Waals surface area (Å²) in [5.74, 6) is 0. The highest BCUT2D eigenvalue weighted by molar-refractivity contribution is 6.20. The number of aromatic amines is 1. The number of nitro benzene ring substituents is 4. The van der Waals surface area contributed by atoms with Crippen LogP contribution in [0.4, 0.5) is 22.7 Å². The number of nitro groups is 4. The van der Waals surface area contributed by atoms with Gasteiger partial charge >= 0.3 is 0 Å². The second kappa shape index (κ2) is 5.44. The van der Waals surface area contributed by atoms with E-state index in [0.717, 1.165) is 24.3 Å². The number of hydrogen-bond donors (Lipinski definition) is 1. The Labute approximate surface area is 150 Å². The van der Waals surface area contributed by atoms with Crippen molar-refractivity contribution in [3.8, 4) is 0 Å². The van der Waals surface area contributed by atoms with E-state index in [-0.39, 0.29) is 33.0 Å². The predicted molar refractivity (Wildman–Crippen MR) is 92.2 cm³/mol. The zero-order valence-electron chi connectivity index (χ0n) is 13.3. The highest BCUT2D eigenvalue weighted by atomic mass is 16.6. The Balaban J connectivity index is 2.22. The van der Waals surface area contributed by atoms with Gasteiger partial charge in [-0.25, -0.2) is 0 Å². The summed E-state index contributed by atoms with van der Waals surface area (Å²) in [5, 5.41) is 44.5. The predicted octanol–water partition coefficient (Wildman–Crippen LogP) is 3.70. The Morgan fingerprint density at radius 2 is 1.25 bits per heavy atom. The molecule has 0 atom stereocenters. The summed E-state index contributed by atoms with van der Waals surface area (Å²) in [4.78, 5) is 44.1. The summed E-state index contributed by atoms with van der Waals surface area (Å²) in [6.45, 7) is 0. The fraction of sp³-hybridized carbons (Fsp3) is 0. The highest BCUT2D eigenvalue weighted by Crippen LogP contribution is 2.44. The molecule has 2 heterocycles. The number of H-pyrrole nitrogens is 1. The molecule has 0 saturated heterocycles. The third kappa shape index (κ3) is 2.21. The van der Waals surface area contributed by atoms with Crippen LogP contribution in [0.15, 0.2) is 28.7 Å². The van der Waals surface area contributed by atoms with E-state index in [4.69, 9.17) is 4.42 Å². The van der Waals surface area contributed by atoms with Gasteiger partial charge in [-0.15, -0.1) is 0 Å². The van der Waals surface area contributed by atoms with Gasteiger partial charge in [0, 0.05) is 6.07 Å². The Morgan fingerprint density at radius 3 is 1.79 bits per heavy atom. The van der Waals surface area contributed by atoms with E-state index in [9.17, 15) is 40.5 Å². The summed E-state index contributed by atoms with van der Waals surface area (Å²) in [7, 11) is 0. The number of furan rings is 1. The molecule has 0 aliphatic heterocycles. The van der Waals surface area contributed by atoms with Crippen LogP contribution in [0.1, 0.15) is 0 Å². The molecule has 14 heteroatoms. The van der Waals surface area contributed by atoms with Crippen molar-refractivity contribution >= 4 is 55.7 Å². The molecule has 0 bridgehead atoms. The Bertz CT molecular complexity index is 1280. The van der Waals surface area contributed by atoms with Crippen LogP contribution in [0, 0.1) is 40.5 Å². The molecule has 0 aliphatic rings. The lowest BCUT2D eigenvalue weighted by Crippen LogP contribution is -1.93. The summed E-state index contributed by atoms with van der Waals surface area (Å²) in [6, 6.07) is 3.46. The zero-order valence-corrected chi connectivity index (χ0v) is 13.3. The third-order valence-electron chi connectivity index (χ3n) is 4.16. The average Bonchev–Trinajstić information content (AvgIpc) is 3.14. The molecule has 0 saturated carbocycles. The first-order valence-electron chi connectivity index (χ1n) is 7.32. The van der Waals surface area contributed by atoms with Crippen molar-refractivity contribution in [2.75, 3.05) is 0 Å². The average molecular weight is 387 g/mol. The van der Waals surface area contributed by atoms with Crippen LogP contribution < -0.4 is 0 Å². The molecule has 1 N–H and O–H groups in total. The van der Waals surface area contributed by atoms with E-state index >= 15 is 0 Å². The van der Waals surface area contributed by atoms with Gasteiger partial charge in [-0.2, -0.15) is 0 Å². The number of non-ortho nitro benzene ring substituents is 4. The Hall–Kier alpha value is -4.62. The second-order valence-corrected chi connectivity index (χ2v) is 5.69. The molecule has 4 rings (SSSR count). The quantitative estimate of drug-likeness (QED) is 0.400. The fourth-order valence-electron chi connectivity index (χ4n) is 3.07. The minimum Gasteiger partial charge on any atom is -0.453 e. The minimum atomic E-state index is -0.855. The standard InChI is InChI=1S/C14H5N5O9/c20-16(21)5-1-7-11(8(2-5)18(24)25)14-13(15-7)12-9(19(26)27)3-6(17(22)23)4-10(12)28-14/h1-4,15H. The maximum atomic E-state index is 11.4. The molecular weight excluding hydrogens is 382 g/mol. The summed E-state index contributed by atoms with van der Waals surface area (Å²) < 4.78 is 5.46. The molecule has 2 aromatic heterocycles. The van der Waals surface area contributed by atoms with Crippen LogP contribution in [0.2, 0.25) is 0 Å². The van der Waals surface area contributed by atoms with Gasteiger partial charge in [-0.05, 0) is 0 Å². The maximum Gasteiger partial charge on any atom is 0.289 e. The number of nitrogens with one attached hydrogen (secondary N) is 1. The number of aromatic nitrogens is 1. The molecule has 140 valence electrons. The van der Waals surface area contributed by atoms with E-state index < -0.39 is 42.4 Å². The molecule has 4 aromatic rings. The summed E-state index contributed by atoms with van der Waals surface area (Å²) >= 11 is 0. The monoisotopic (exact) mass is 387 g/mol. The van der Waals surface area contributed by atoms with Gasteiger partial charge in [-0.1, -0.05) is 0 Å². The lowest BCUT2D eigenvalue weighted by molar-refractivity contribution is -0.393. The van der Waals surface area contributed by atoms with Crippen molar-refractivity contribution in [3.63, 3.8) is 0 Å². The smallest absolute Gasteiger partial charge is 0.289 e. The first kappa shape index (κ1) is 16.8. The number of benzene rings is 2. The molecule has 28 heavy (non-hydrogen) atoms. The van der Waals surface area contributed by atoms with Gasteiger partial charge in [0.1, 0.15) is 16.3 Å². The number of nitrogens with zero attached hydrogens (tertiary/aromatic N) is 4. The Kier molecular flexibility index (Phi) is 3.27. The van der Waals surface area contributed by atoms with Gasteiger partial charge in [0.05, 0.1) is 43.4 Å². The van der Waals surface area contributed by atoms with Crippen molar-refractivity contribution in [1.82, 2.24) is 4.98 Å². The number of rotatable bonds is 4. The summed E-state index contributed by atoms with van der Waals surface area (Å²) in [5.41, 5.74) is -2.91.